The van der Waals surface area contributed by atoms with E-state index in [1.165, 1.54) is 26.2 Å². The van der Waals surface area contributed by atoms with Crippen molar-refractivity contribution in [1.82, 2.24) is 0 Å². The molecule has 0 aliphatic carbocycles. The fraction of sp³-hybridized carbons (Fsp3) is 0.455. The number of rotatable bonds is 5. The van der Waals surface area contributed by atoms with Crippen LogP contribution in [0, 0.1) is 0 Å². The number of hydrogen-bond donors (Lipinski definition) is 1. The minimum absolute atomic E-state index is 0.257. The van der Waals surface area contributed by atoms with Gasteiger partial charge in [0.2, 0.25) is 3.67 Å². The zero-order chi connectivity index (χ0) is 14.0. The van der Waals surface area contributed by atoms with Gasteiger partial charge in [0.1, 0.15) is 11.9 Å². The standard InChI is InChI=1S/C11H14Cl2O4S/c1-3-18(15,16)11(12,13)10(14)8-4-6-9(17-2)7-5-8/h4-7,10,14H,3H2,1-2H3/t10-/m0/s1. The van der Waals surface area contributed by atoms with E-state index in [-0.39, 0.29) is 5.75 Å². The van der Waals surface area contributed by atoms with Crippen LogP contribution < -0.4 is 4.74 Å². The van der Waals surface area contributed by atoms with Gasteiger partial charge in [0.05, 0.1) is 12.9 Å². The fourth-order valence-electron chi connectivity index (χ4n) is 1.34. The van der Waals surface area contributed by atoms with Crippen LogP contribution in [-0.4, -0.2) is 30.1 Å². The van der Waals surface area contributed by atoms with Gasteiger partial charge in [-0.05, 0) is 17.7 Å². The van der Waals surface area contributed by atoms with Crippen LogP contribution in [0.5, 0.6) is 5.75 Å². The Balaban J connectivity index is 3.09. The second-order valence-electron chi connectivity index (χ2n) is 3.64. The molecule has 0 spiro atoms. The number of sulfone groups is 1. The largest absolute Gasteiger partial charge is 0.497 e. The predicted octanol–water partition coefficient (Wildman–Crippen LogP) is 2.29. The van der Waals surface area contributed by atoms with Crippen LogP contribution in [0.3, 0.4) is 0 Å². The summed E-state index contributed by atoms with van der Waals surface area (Å²) in [6.07, 6.45) is -1.53. The average molecular weight is 313 g/mol. The maximum atomic E-state index is 11.7. The molecule has 0 heterocycles. The highest BCUT2D eigenvalue weighted by Gasteiger charge is 2.46. The molecule has 18 heavy (non-hydrogen) atoms. The number of ether oxygens (including phenoxy) is 1. The van der Waals surface area contributed by atoms with E-state index in [2.05, 4.69) is 0 Å². The normalized spacial score (nSPS) is 14.3. The minimum atomic E-state index is -3.81. The molecule has 7 heteroatoms. The number of aliphatic hydroxyl groups is 1. The first-order valence-corrected chi connectivity index (χ1v) is 7.59. The van der Waals surface area contributed by atoms with Gasteiger partial charge in [-0.3, -0.25) is 0 Å². The molecule has 0 unspecified atom stereocenters. The highest BCUT2D eigenvalue weighted by Crippen LogP contribution is 2.41. The van der Waals surface area contributed by atoms with Gasteiger partial charge in [-0.25, -0.2) is 8.42 Å². The van der Waals surface area contributed by atoms with E-state index in [0.29, 0.717) is 11.3 Å². The first-order valence-electron chi connectivity index (χ1n) is 5.18. The minimum Gasteiger partial charge on any atom is -0.497 e. The third-order valence-corrected chi connectivity index (χ3v) is 6.18. The van der Waals surface area contributed by atoms with Crippen LogP contribution in [0.4, 0.5) is 0 Å². The smallest absolute Gasteiger partial charge is 0.247 e. The van der Waals surface area contributed by atoms with Crippen molar-refractivity contribution >= 4 is 33.0 Å². The van der Waals surface area contributed by atoms with Crippen LogP contribution >= 0.6 is 23.2 Å². The molecular formula is C11H14Cl2O4S. The molecule has 0 fully saturated rings. The Hall–Kier alpha value is -0.490. The highest BCUT2D eigenvalue weighted by molar-refractivity contribution is 7.95. The molecule has 0 radical (unpaired) electrons. The van der Waals surface area contributed by atoms with Gasteiger partial charge in [0.25, 0.3) is 0 Å². The van der Waals surface area contributed by atoms with E-state index in [1.54, 1.807) is 12.1 Å². The Kier molecular flexibility index (Phi) is 4.89. The fourth-order valence-corrected chi connectivity index (χ4v) is 3.11. The molecule has 0 aliphatic heterocycles. The molecule has 1 rings (SSSR count). The molecule has 4 nitrogen and oxygen atoms in total. The van der Waals surface area contributed by atoms with Crippen molar-refractivity contribution in [2.24, 2.45) is 0 Å². The van der Waals surface area contributed by atoms with Crippen LogP contribution in [0.15, 0.2) is 24.3 Å². The first kappa shape index (κ1) is 15.6. The number of hydrogen-bond acceptors (Lipinski definition) is 4. The summed E-state index contributed by atoms with van der Waals surface area (Å²) in [5.74, 6) is 0.326. The second kappa shape index (κ2) is 5.65. The number of alkyl halides is 2. The Morgan fingerprint density at radius 1 is 1.33 bits per heavy atom. The molecule has 1 N–H and O–H groups in total. The zero-order valence-corrected chi connectivity index (χ0v) is 12.3. The Bertz CT molecular complexity index is 496. The predicted molar refractivity (Wildman–Crippen MR) is 71.9 cm³/mol. The summed E-state index contributed by atoms with van der Waals surface area (Å²) in [6, 6.07) is 6.18. The Morgan fingerprint density at radius 3 is 2.22 bits per heavy atom. The summed E-state index contributed by atoms with van der Waals surface area (Å²) in [6.45, 7) is 1.41. The lowest BCUT2D eigenvalue weighted by molar-refractivity contribution is 0.181. The van der Waals surface area contributed by atoms with Crippen LogP contribution in [0.25, 0.3) is 0 Å². The van der Waals surface area contributed by atoms with Crippen molar-refractivity contribution in [3.63, 3.8) is 0 Å². The molecule has 0 aliphatic rings. The lowest BCUT2D eigenvalue weighted by Crippen LogP contribution is -2.34. The summed E-state index contributed by atoms with van der Waals surface area (Å²) >= 11 is 11.6. The van der Waals surface area contributed by atoms with Crippen molar-refractivity contribution in [1.29, 1.82) is 0 Å². The van der Waals surface area contributed by atoms with Gasteiger partial charge in [0, 0.05) is 0 Å². The highest BCUT2D eigenvalue weighted by atomic mass is 35.5. The summed E-state index contributed by atoms with van der Waals surface area (Å²) < 4.78 is 26.1. The molecule has 1 aromatic rings. The van der Waals surface area contributed by atoms with Crippen LogP contribution in [0.2, 0.25) is 0 Å². The van der Waals surface area contributed by atoms with Gasteiger partial charge in [-0.15, -0.1) is 0 Å². The Labute approximate surface area is 116 Å². The van der Waals surface area contributed by atoms with Crippen molar-refractivity contribution in [2.45, 2.75) is 16.7 Å². The first-order chi connectivity index (χ1) is 8.26. The van der Waals surface area contributed by atoms with E-state index in [1.807, 2.05) is 0 Å². The van der Waals surface area contributed by atoms with Gasteiger partial charge >= 0.3 is 0 Å². The van der Waals surface area contributed by atoms with Gasteiger partial charge in [-0.2, -0.15) is 0 Å². The van der Waals surface area contributed by atoms with E-state index in [4.69, 9.17) is 27.9 Å². The topological polar surface area (TPSA) is 63.6 Å². The molecule has 0 saturated carbocycles. The van der Waals surface area contributed by atoms with Crippen molar-refractivity contribution in [2.75, 3.05) is 12.9 Å². The molecule has 0 aromatic heterocycles. The zero-order valence-electron chi connectivity index (χ0n) is 9.93. The van der Waals surface area contributed by atoms with E-state index >= 15 is 0 Å². The van der Waals surface area contributed by atoms with Gasteiger partial charge < -0.3 is 9.84 Å². The quantitative estimate of drug-likeness (QED) is 0.847. The molecule has 1 aromatic carbocycles. The summed E-state index contributed by atoms with van der Waals surface area (Å²) in [4.78, 5) is 0. The van der Waals surface area contributed by atoms with Crippen molar-refractivity contribution < 1.29 is 18.3 Å². The Morgan fingerprint density at radius 2 is 1.83 bits per heavy atom. The molecule has 0 saturated heterocycles. The summed E-state index contributed by atoms with van der Waals surface area (Å²) in [5, 5.41) is 9.99. The molecular weight excluding hydrogens is 299 g/mol. The lowest BCUT2D eigenvalue weighted by Gasteiger charge is -2.25. The summed E-state index contributed by atoms with van der Waals surface area (Å²) in [5.41, 5.74) is 0.304. The third-order valence-electron chi connectivity index (χ3n) is 2.54. The van der Waals surface area contributed by atoms with Gasteiger partial charge in [0.15, 0.2) is 9.84 Å². The van der Waals surface area contributed by atoms with E-state index < -0.39 is 19.6 Å². The van der Waals surface area contributed by atoms with Gasteiger partial charge in [-0.1, -0.05) is 42.3 Å². The van der Waals surface area contributed by atoms with Crippen molar-refractivity contribution in [3.05, 3.63) is 29.8 Å². The molecule has 102 valence electrons. The monoisotopic (exact) mass is 312 g/mol. The van der Waals surface area contributed by atoms with E-state index in [9.17, 15) is 13.5 Å². The summed E-state index contributed by atoms with van der Waals surface area (Å²) in [7, 11) is -2.31. The molecule has 1 atom stereocenters. The lowest BCUT2D eigenvalue weighted by atomic mass is 10.1. The number of methoxy groups -OCH3 is 1. The molecule has 0 amide bonds. The maximum absolute atomic E-state index is 11.7. The number of benzene rings is 1. The maximum Gasteiger partial charge on any atom is 0.247 e. The SMILES string of the molecule is CCS(=O)(=O)C(Cl)(Cl)[C@@H](O)c1ccc(OC)cc1. The second-order valence-corrected chi connectivity index (χ2v) is 7.93. The molecule has 0 bridgehead atoms. The third kappa shape index (κ3) is 2.91. The van der Waals surface area contributed by atoms with Crippen LogP contribution in [0.1, 0.15) is 18.6 Å². The number of aliphatic hydroxyl groups excluding tert-OH is 1. The average Bonchev–Trinajstić information content (AvgIpc) is 2.37. The number of halogens is 2. The van der Waals surface area contributed by atoms with Crippen molar-refractivity contribution in [3.8, 4) is 5.75 Å². The van der Waals surface area contributed by atoms with Crippen LogP contribution in [-0.2, 0) is 9.84 Å². The van der Waals surface area contributed by atoms with E-state index in [0.717, 1.165) is 0 Å².